The van der Waals surface area contributed by atoms with Crippen molar-refractivity contribution in [2.24, 2.45) is 10.8 Å². The first-order chi connectivity index (χ1) is 7.68. The number of aliphatic hydroxyl groups is 1. The van der Waals surface area contributed by atoms with Gasteiger partial charge in [-0.2, -0.15) is 10.1 Å². The van der Waals surface area contributed by atoms with Gasteiger partial charge in [-0.1, -0.05) is 42.1 Å². The molecule has 0 aliphatic carbocycles. The van der Waals surface area contributed by atoms with Gasteiger partial charge in [-0.3, -0.25) is 0 Å². The molecule has 0 unspecified atom stereocenters. The molecule has 0 atom stereocenters. The largest absolute Gasteiger partial charge is 0.493 e. The van der Waals surface area contributed by atoms with Crippen molar-refractivity contribution < 1.29 is 5.11 Å². The van der Waals surface area contributed by atoms with Gasteiger partial charge in [-0.15, -0.1) is 0 Å². The van der Waals surface area contributed by atoms with Crippen LogP contribution < -0.4 is 5.73 Å². The van der Waals surface area contributed by atoms with Crippen molar-refractivity contribution >= 4 is 34.1 Å². The summed E-state index contributed by atoms with van der Waals surface area (Å²) in [6, 6.07) is 9.62. The van der Waals surface area contributed by atoms with E-state index in [2.05, 4.69) is 5.10 Å². The number of hydrogen-bond donors (Lipinski definition) is 2. The summed E-state index contributed by atoms with van der Waals surface area (Å²) in [5.74, 6) is -0.0582. The molecule has 0 saturated heterocycles. The molecule has 1 heterocycles. The van der Waals surface area contributed by atoms with E-state index in [1.54, 1.807) is 5.41 Å². The number of nitrogens with two attached hydrogens (primary N) is 1. The second-order valence-electron chi connectivity index (χ2n) is 3.02. The third-order valence-corrected chi connectivity index (χ3v) is 2.96. The summed E-state index contributed by atoms with van der Waals surface area (Å²) < 4.78 is 0. The Hall–Kier alpha value is -1.53. The Labute approximate surface area is 102 Å². The third kappa shape index (κ3) is 2.17. The van der Waals surface area contributed by atoms with Crippen molar-refractivity contribution in [1.29, 1.82) is 0 Å². The van der Waals surface area contributed by atoms with Gasteiger partial charge >= 0.3 is 0 Å². The zero-order valence-corrected chi connectivity index (χ0v) is 9.83. The molecule has 0 amide bonds. The second kappa shape index (κ2) is 4.54. The summed E-state index contributed by atoms with van der Waals surface area (Å²) in [6.07, 6.45) is 0. The molecule has 4 nitrogen and oxygen atoms in total. The molecule has 6 heteroatoms. The molecule has 16 heavy (non-hydrogen) atoms. The number of thiocarbonyl (C=S) groups is 1. The van der Waals surface area contributed by atoms with Crippen LogP contribution in [0.5, 0.6) is 0 Å². The van der Waals surface area contributed by atoms with Crippen LogP contribution in [0.4, 0.5) is 0 Å². The molecular formula is C10H9N3OS2. The molecule has 2 rings (SSSR count). The van der Waals surface area contributed by atoms with Gasteiger partial charge in [0.05, 0.1) is 0 Å². The molecule has 1 aliphatic rings. The molecule has 0 bridgehead atoms. The van der Waals surface area contributed by atoms with Crippen molar-refractivity contribution in [3.63, 3.8) is 0 Å². The molecule has 1 aromatic carbocycles. The van der Waals surface area contributed by atoms with E-state index in [1.165, 1.54) is 11.8 Å². The van der Waals surface area contributed by atoms with Crippen LogP contribution in [-0.2, 0) is 0 Å². The zero-order valence-electron chi connectivity index (χ0n) is 8.20. The number of aliphatic hydroxyl groups excluding tert-OH is 1. The van der Waals surface area contributed by atoms with Crippen LogP contribution in [0.1, 0.15) is 5.56 Å². The molecule has 1 aromatic rings. The van der Waals surface area contributed by atoms with E-state index in [0.29, 0.717) is 0 Å². The Kier molecular flexibility index (Phi) is 3.12. The minimum atomic E-state index is -0.0582. The summed E-state index contributed by atoms with van der Waals surface area (Å²) in [5, 5.41) is 17.1. The fourth-order valence-corrected chi connectivity index (χ4v) is 2.04. The van der Waals surface area contributed by atoms with Crippen LogP contribution in [-0.4, -0.2) is 20.3 Å². The Morgan fingerprint density at radius 1 is 1.38 bits per heavy atom. The molecule has 0 saturated carbocycles. The summed E-state index contributed by atoms with van der Waals surface area (Å²) >= 11 is 6.11. The molecule has 82 valence electrons. The van der Waals surface area contributed by atoms with Crippen molar-refractivity contribution in [3.05, 3.63) is 47.2 Å². The van der Waals surface area contributed by atoms with Crippen LogP contribution in [0.2, 0.25) is 0 Å². The first-order valence-electron chi connectivity index (χ1n) is 4.48. The van der Waals surface area contributed by atoms with E-state index in [0.717, 1.165) is 15.6 Å². The molecule has 1 aliphatic heterocycles. The number of benzene rings is 1. The molecule has 0 aromatic heterocycles. The van der Waals surface area contributed by atoms with E-state index >= 15 is 0 Å². The van der Waals surface area contributed by atoms with Gasteiger partial charge in [0, 0.05) is 11.0 Å². The fourth-order valence-electron chi connectivity index (χ4n) is 1.19. The Morgan fingerprint density at radius 2 is 2.06 bits per heavy atom. The van der Waals surface area contributed by atoms with Crippen LogP contribution in [0.3, 0.4) is 0 Å². The van der Waals surface area contributed by atoms with Gasteiger partial charge in [-0.25, -0.2) is 0 Å². The minimum Gasteiger partial charge on any atom is -0.493 e. The quantitative estimate of drug-likeness (QED) is 0.747. The van der Waals surface area contributed by atoms with Gasteiger partial charge in [-0.05, 0) is 12.2 Å². The SMILES string of the molecule is NC(=S)N1N=C(c2ccccc2)SC=C1O. The second-order valence-corrected chi connectivity index (χ2v) is 4.29. The van der Waals surface area contributed by atoms with E-state index in [4.69, 9.17) is 18.0 Å². The van der Waals surface area contributed by atoms with E-state index < -0.39 is 0 Å². The van der Waals surface area contributed by atoms with Crippen LogP contribution in [0.15, 0.2) is 46.7 Å². The number of rotatable bonds is 1. The van der Waals surface area contributed by atoms with Crippen LogP contribution in [0.25, 0.3) is 0 Å². The normalized spacial score (nSPS) is 15.4. The van der Waals surface area contributed by atoms with Crippen molar-refractivity contribution in [1.82, 2.24) is 5.01 Å². The Bertz CT molecular complexity index is 470. The lowest BCUT2D eigenvalue weighted by Crippen LogP contribution is -2.32. The summed E-state index contributed by atoms with van der Waals surface area (Å²) in [6.45, 7) is 0. The predicted molar refractivity (Wildman–Crippen MR) is 69.9 cm³/mol. The van der Waals surface area contributed by atoms with Crippen LogP contribution in [0, 0.1) is 0 Å². The number of hydrazone groups is 1. The molecular weight excluding hydrogens is 242 g/mol. The third-order valence-electron chi connectivity index (χ3n) is 1.91. The number of nitrogens with zero attached hydrogens (tertiary/aromatic N) is 2. The lowest BCUT2D eigenvalue weighted by Gasteiger charge is -2.20. The maximum absolute atomic E-state index is 9.50. The summed E-state index contributed by atoms with van der Waals surface area (Å²) in [5.41, 5.74) is 6.39. The standard InChI is InChI=1S/C10H9N3OS2/c11-10(15)13-8(14)6-16-9(12-13)7-4-2-1-3-5-7/h1-6,14H,(H2,11,15). The van der Waals surface area contributed by atoms with Crippen LogP contribution >= 0.6 is 24.0 Å². The molecule has 3 N–H and O–H groups in total. The zero-order chi connectivity index (χ0) is 11.5. The number of thioether (sulfide) groups is 1. The highest BCUT2D eigenvalue weighted by Crippen LogP contribution is 2.23. The minimum absolute atomic E-state index is 0.0162. The number of hydrogen-bond acceptors (Lipinski definition) is 4. The van der Waals surface area contributed by atoms with Crippen molar-refractivity contribution in [3.8, 4) is 0 Å². The Balaban J connectivity index is 2.32. The van der Waals surface area contributed by atoms with E-state index in [9.17, 15) is 5.11 Å². The van der Waals surface area contributed by atoms with Gasteiger partial charge in [0.1, 0.15) is 5.04 Å². The van der Waals surface area contributed by atoms with Gasteiger partial charge in [0.15, 0.2) is 5.11 Å². The molecule has 0 radical (unpaired) electrons. The highest BCUT2D eigenvalue weighted by atomic mass is 32.2. The topological polar surface area (TPSA) is 61.8 Å². The lowest BCUT2D eigenvalue weighted by atomic mass is 10.2. The van der Waals surface area contributed by atoms with Gasteiger partial charge < -0.3 is 10.8 Å². The monoisotopic (exact) mass is 251 g/mol. The van der Waals surface area contributed by atoms with Crippen molar-refractivity contribution in [2.45, 2.75) is 0 Å². The van der Waals surface area contributed by atoms with Gasteiger partial charge in [0.2, 0.25) is 5.88 Å². The maximum atomic E-state index is 9.50. The average molecular weight is 251 g/mol. The van der Waals surface area contributed by atoms with Gasteiger partial charge in [0.25, 0.3) is 0 Å². The Morgan fingerprint density at radius 3 is 2.69 bits per heavy atom. The summed E-state index contributed by atoms with van der Waals surface area (Å²) in [4.78, 5) is 0. The summed E-state index contributed by atoms with van der Waals surface area (Å²) in [7, 11) is 0. The molecule has 0 spiro atoms. The maximum Gasteiger partial charge on any atom is 0.221 e. The average Bonchev–Trinajstić information content (AvgIpc) is 2.30. The first kappa shape index (κ1) is 11.0. The molecule has 0 fully saturated rings. The highest BCUT2D eigenvalue weighted by molar-refractivity contribution is 8.17. The van der Waals surface area contributed by atoms with E-state index in [1.807, 2.05) is 30.3 Å². The smallest absolute Gasteiger partial charge is 0.221 e. The van der Waals surface area contributed by atoms with E-state index in [-0.39, 0.29) is 11.0 Å². The fraction of sp³-hybridized carbons (Fsp3) is 0. The van der Waals surface area contributed by atoms with Crippen molar-refractivity contribution in [2.75, 3.05) is 0 Å². The lowest BCUT2D eigenvalue weighted by molar-refractivity contribution is 0.283. The first-order valence-corrected chi connectivity index (χ1v) is 5.76. The predicted octanol–water partition coefficient (Wildman–Crippen LogP) is 2.00. The highest BCUT2D eigenvalue weighted by Gasteiger charge is 2.18.